The van der Waals surface area contributed by atoms with Crippen LogP contribution in [0.15, 0.2) is 48.6 Å². The van der Waals surface area contributed by atoms with Gasteiger partial charge < -0.3 is 23.8 Å². The van der Waals surface area contributed by atoms with E-state index in [2.05, 4.69) is 0 Å². The first-order chi connectivity index (χ1) is 20.8. The lowest BCUT2D eigenvalue weighted by Gasteiger charge is -2.55. The maximum absolute atomic E-state index is 13.9. The average Bonchev–Trinajstić information content (AvgIpc) is 2.91. The average molecular weight is 703 g/mol. The Kier molecular flexibility index (Phi) is 10.4. The van der Waals surface area contributed by atoms with Gasteiger partial charge in [0, 0.05) is 6.54 Å². The Hall–Kier alpha value is -2.52. The van der Waals surface area contributed by atoms with Crippen LogP contribution < -0.4 is 9.47 Å². The Labute approximate surface area is 285 Å². The number of hydrogen-bond donors (Lipinski definition) is 0. The van der Waals surface area contributed by atoms with Crippen LogP contribution in [-0.2, 0) is 15.0 Å². The van der Waals surface area contributed by atoms with E-state index in [1.165, 1.54) is 13.8 Å². The molecule has 2 amide bonds. The number of amides is 2. The topological polar surface area (TPSA) is 77.5 Å². The second-order valence-corrected chi connectivity index (χ2v) is 15.6. The van der Waals surface area contributed by atoms with Gasteiger partial charge in [0.15, 0.2) is 5.60 Å². The van der Waals surface area contributed by atoms with E-state index in [0.29, 0.717) is 29.5 Å². The van der Waals surface area contributed by atoms with Crippen molar-refractivity contribution >= 4 is 58.6 Å². The second kappa shape index (κ2) is 13.3. The molecule has 2 aliphatic heterocycles. The van der Waals surface area contributed by atoms with Crippen LogP contribution in [0.5, 0.6) is 11.5 Å². The van der Waals surface area contributed by atoms with Crippen LogP contribution in [0, 0.1) is 13.8 Å². The lowest BCUT2D eigenvalue weighted by molar-refractivity contribution is -0.0642. The van der Waals surface area contributed by atoms with E-state index in [0.717, 1.165) is 16.7 Å². The van der Waals surface area contributed by atoms with Gasteiger partial charge in [-0.1, -0.05) is 70.7 Å². The molecule has 0 aromatic heterocycles. The number of aryl methyl sites for hydroxylation is 2. The molecule has 0 spiro atoms. The fourth-order valence-electron chi connectivity index (χ4n) is 5.30. The minimum absolute atomic E-state index is 0.164. The van der Waals surface area contributed by atoms with Crippen LogP contribution in [0.1, 0.15) is 57.7 Å². The van der Waals surface area contributed by atoms with Gasteiger partial charge in [-0.2, -0.15) is 0 Å². The number of rotatable bonds is 7. The number of ether oxygens (including phenoxy) is 4. The van der Waals surface area contributed by atoms with Gasteiger partial charge >= 0.3 is 12.2 Å². The Morgan fingerprint density at radius 2 is 1.53 bits per heavy atom. The molecule has 2 aromatic carbocycles. The number of benzene rings is 2. The maximum Gasteiger partial charge on any atom is 0.411 e. The molecule has 0 radical (unpaired) electrons. The van der Waals surface area contributed by atoms with Crippen LogP contribution in [-0.4, -0.2) is 69.3 Å². The van der Waals surface area contributed by atoms with Crippen LogP contribution in [0.25, 0.3) is 0 Å². The minimum atomic E-state index is -1.87. The van der Waals surface area contributed by atoms with Crippen LogP contribution in [0.4, 0.5) is 9.59 Å². The van der Waals surface area contributed by atoms with E-state index < -0.39 is 38.8 Å². The second-order valence-electron chi connectivity index (χ2n) is 12.9. The summed E-state index contributed by atoms with van der Waals surface area (Å²) < 4.78 is 21.4. The van der Waals surface area contributed by atoms with Gasteiger partial charge in [0.2, 0.25) is 3.79 Å². The van der Waals surface area contributed by atoms with Crippen molar-refractivity contribution in [2.75, 3.05) is 26.3 Å². The number of fused-ring (bicyclic) bond motifs is 2. The van der Waals surface area contributed by atoms with Crippen LogP contribution in [0.2, 0.25) is 5.02 Å². The third kappa shape index (κ3) is 8.07. The van der Waals surface area contributed by atoms with Gasteiger partial charge in [-0.25, -0.2) is 9.59 Å². The van der Waals surface area contributed by atoms with E-state index in [1.54, 1.807) is 9.80 Å². The van der Waals surface area contributed by atoms with Crippen molar-refractivity contribution in [1.29, 1.82) is 0 Å². The number of carbonyl (C=O) groups is 2. The van der Waals surface area contributed by atoms with Crippen molar-refractivity contribution < 1.29 is 28.5 Å². The van der Waals surface area contributed by atoms with Crippen molar-refractivity contribution in [2.24, 2.45) is 0 Å². The minimum Gasteiger partial charge on any atom is -0.490 e. The zero-order valence-electron chi connectivity index (χ0n) is 26.6. The summed E-state index contributed by atoms with van der Waals surface area (Å²) in [5, 5.41) is 0.551. The quantitative estimate of drug-likeness (QED) is 0.163. The Bertz CT molecular complexity index is 1430. The molecule has 2 atom stereocenters. The Balaban J connectivity index is 1.57. The van der Waals surface area contributed by atoms with Crippen molar-refractivity contribution in [2.45, 2.75) is 81.5 Å². The third-order valence-electron chi connectivity index (χ3n) is 7.89. The van der Waals surface area contributed by atoms with Crippen molar-refractivity contribution in [1.82, 2.24) is 9.80 Å². The highest BCUT2D eigenvalue weighted by Crippen LogP contribution is 2.46. The first-order valence-corrected chi connectivity index (χ1v) is 16.2. The summed E-state index contributed by atoms with van der Waals surface area (Å²) in [6.45, 7) is 13.5. The Morgan fingerprint density at radius 1 is 0.911 bits per heavy atom. The van der Waals surface area contributed by atoms with Gasteiger partial charge in [-0.05, 0) is 95.8 Å². The van der Waals surface area contributed by atoms with Crippen molar-refractivity contribution in [3.05, 3.63) is 70.3 Å². The van der Waals surface area contributed by atoms with E-state index in [4.69, 9.17) is 65.4 Å². The normalized spacial score (nSPS) is 20.1. The molecule has 2 unspecified atom stereocenters. The lowest BCUT2D eigenvalue weighted by Crippen LogP contribution is -2.68. The first-order valence-electron chi connectivity index (χ1n) is 14.7. The van der Waals surface area contributed by atoms with Gasteiger partial charge in [0.05, 0.1) is 23.1 Å². The molecule has 1 fully saturated rings. The lowest BCUT2D eigenvalue weighted by atomic mass is 9.78. The number of piperazine rings is 1. The molecule has 2 aliphatic rings. The maximum atomic E-state index is 13.9. The molecular formula is C33H40Cl4N2O6. The van der Waals surface area contributed by atoms with E-state index in [1.807, 2.05) is 83.2 Å². The molecule has 246 valence electrons. The predicted molar refractivity (Wildman–Crippen MR) is 178 cm³/mol. The van der Waals surface area contributed by atoms with Gasteiger partial charge in [-0.3, -0.25) is 4.90 Å². The molecule has 0 aliphatic carbocycles. The van der Waals surface area contributed by atoms with E-state index in [9.17, 15) is 9.59 Å². The molecule has 4 rings (SSSR count). The van der Waals surface area contributed by atoms with Gasteiger partial charge in [-0.15, -0.1) is 0 Å². The van der Waals surface area contributed by atoms with Crippen molar-refractivity contribution in [3.63, 3.8) is 0 Å². The monoisotopic (exact) mass is 700 g/mol. The Morgan fingerprint density at radius 3 is 2.16 bits per heavy atom. The van der Waals surface area contributed by atoms with Crippen LogP contribution in [0.3, 0.4) is 0 Å². The number of nitrogens with zero attached hydrogens (tertiary/aromatic N) is 2. The standard InChI is InChI=1S/C33H40Cl4N2O6/c1-21-17-26(34)27(18-22(21)2)43-16-15-42-25-12-10-23(11-13-25)32-14-8-9-24(19-38(20-32)28(40)44-30(3,4)5)39(32)29(41)45-31(6,7)33(35,36)37/h8-13,17-18,24H,14-16,19-20H2,1-7H3. The summed E-state index contributed by atoms with van der Waals surface area (Å²) in [6.07, 6.45) is 3.19. The summed E-state index contributed by atoms with van der Waals surface area (Å²) in [6, 6.07) is 10.7. The molecule has 12 heteroatoms. The molecule has 8 nitrogen and oxygen atoms in total. The summed E-state index contributed by atoms with van der Waals surface area (Å²) >= 11 is 24.8. The smallest absolute Gasteiger partial charge is 0.411 e. The SMILES string of the molecule is Cc1cc(Cl)c(OCCOc2ccc(C34CC=CC(CN(C(=O)OC(C)(C)C)C3)N4C(=O)OC(C)(C)C(Cl)(Cl)Cl)cc2)cc1C. The molecule has 0 saturated carbocycles. The number of carbonyl (C=O) groups excluding carboxylic acids is 2. The highest BCUT2D eigenvalue weighted by Gasteiger charge is 2.54. The van der Waals surface area contributed by atoms with E-state index >= 15 is 0 Å². The number of alkyl halides is 3. The molecule has 45 heavy (non-hydrogen) atoms. The summed E-state index contributed by atoms with van der Waals surface area (Å²) in [4.78, 5) is 30.4. The predicted octanol–water partition coefficient (Wildman–Crippen LogP) is 8.78. The number of halogens is 4. The van der Waals surface area contributed by atoms with Gasteiger partial charge in [0.25, 0.3) is 0 Å². The van der Waals surface area contributed by atoms with Gasteiger partial charge in [0.1, 0.15) is 30.3 Å². The molecule has 2 aromatic rings. The number of hydrogen-bond acceptors (Lipinski definition) is 6. The fraction of sp³-hybridized carbons (Fsp3) is 0.515. The molecule has 2 heterocycles. The van der Waals surface area contributed by atoms with Crippen molar-refractivity contribution in [3.8, 4) is 11.5 Å². The fourth-order valence-corrected chi connectivity index (χ4v) is 5.69. The molecular weight excluding hydrogens is 662 g/mol. The third-order valence-corrected chi connectivity index (χ3v) is 9.55. The zero-order valence-corrected chi connectivity index (χ0v) is 29.6. The largest absolute Gasteiger partial charge is 0.490 e. The zero-order chi connectivity index (χ0) is 33.4. The summed E-state index contributed by atoms with van der Waals surface area (Å²) in [7, 11) is 0. The molecule has 2 bridgehead atoms. The molecule has 1 saturated heterocycles. The molecule has 0 N–H and O–H groups in total. The summed E-state index contributed by atoms with van der Waals surface area (Å²) in [5.74, 6) is 1.22. The first kappa shape index (κ1) is 35.3. The highest BCUT2D eigenvalue weighted by atomic mass is 35.6. The van der Waals surface area contributed by atoms with E-state index in [-0.39, 0.29) is 19.7 Å². The summed E-state index contributed by atoms with van der Waals surface area (Å²) in [5.41, 5.74) is -0.150. The van der Waals surface area contributed by atoms with Crippen LogP contribution >= 0.6 is 46.4 Å². The highest BCUT2D eigenvalue weighted by molar-refractivity contribution is 6.68.